The highest BCUT2D eigenvalue weighted by atomic mass is 35.5. The zero-order valence-corrected chi connectivity index (χ0v) is 18.5. The standard InChI is InChI=1S/C22H17Cl2N3O2S/c1-12-3-5-14(6-4-12)19-13(2)30-21-20(19)22(29)27(11-25-21)10-18(28)26-17-8-7-15(23)9-16(17)24/h3-9,11H,10H2,1-2H3,(H,26,28). The number of benzene rings is 2. The van der Waals surface area contributed by atoms with Crippen molar-refractivity contribution in [3.8, 4) is 11.1 Å². The van der Waals surface area contributed by atoms with Crippen molar-refractivity contribution in [2.24, 2.45) is 0 Å². The Balaban J connectivity index is 1.69. The first-order chi connectivity index (χ1) is 14.3. The quantitative estimate of drug-likeness (QED) is 0.428. The molecule has 0 aliphatic heterocycles. The van der Waals surface area contributed by atoms with Gasteiger partial charge in [0.25, 0.3) is 5.56 Å². The van der Waals surface area contributed by atoms with E-state index in [9.17, 15) is 9.59 Å². The molecule has 0 saturated heterocycles. The molecule has 0 fully saturated rings. The maximum atomic E-state index is 13.2. The highest BCUT2D eigenvalue weighted by Gasteiger charge is 2.18. The Morgan fingerprint density at radius 2 is 1.87 bits per heavy atom. The second kappa shape index (κ2) is 8.22. The third-order valence-corrected chi connectivity index (χ3v) is 6.28. The normalized spacial score (nSPS) is 11.1. The number of aromatic nitrogens is 2. The molecule has 152 valence electrons. The van der Waals surface area contributed by atoms with E-state index in [0.29, 0.717) is 25.9 Å². The van der Waals surface area contributed by atoms with E-state index >= 15 is 0 Å². The maximum Gasteiger partial charge on any atom is 0.263 e. The van der Waals surface area contributed by atoms with E-state index in [1.165, 1.54) is 22.2 Å². The summed E-state index contributed by atoms with van der Waals surface area (Å²) in [6.07, 6.45) is 1.41. The smallest absolute Gasteiger partial charge is 0.263 e. The first-order valence-corrected chi connectivity index (χ1v) is 10.7. The van der Waals surface area contributed by atoms with Crippen molar-refractivity contribution in [1.82, 2.24) is 9.55 Å². The number of carbonyl (C=O) groups excluding carboxylic acids is 1. The summed E-state index contributed by atoms with van der Waals surface area (Å²) >= 11 is 13.5. The molecule has 1 amide bonds. The van der Waals surface area contributed by atoms with Crippen molar-refractivity contribution >= 4 is 56.3 Å². The summed E-state index contributed by atoms with van der Waals surface area (Å²) in [5, 5.41) is 4.03. The average Bonchev–Trinajstić information content (AvgIpc) is 3.04. The van der Waals surface area contributed by atoms with Gasteiger partial charge in [-0.05, 0) is 37.6 Å². The third-order valence-electron chi connectivity index (χ3n) is 4.71. The van der Waals surface area contributed by atoms with Crippen LogP contribution in [0.15, 0.2) is 53.6 Å². The zero-order valence-electron chi connectivity index (χ0n) is 16.2. The summed E-state index contributed by atoms with van der Waals surface area (Å²) in [4.78, 5) is 31.8. The monoisotopic (exact) mass is 457 g/mol. The number of hydrogen-bond acceptors (Lipinski definition) is 4. The van der Waals surface area contributed by atoms with Crippen LogP contribution in [-0.2, 0) is 11.3 Å². The highest BCUT2D eigenvalue weighted by Crippen LogP contribution is 2.35. The van der Waals surface area contributed by atoms with Crippen LogP contribution < -0.4 is 10.9 Å². The van der Waals surface area contributed by atoms with E-state index in [0.717, 1.165) is 21.6 Å². The molecule has 2 aromatic heterocycles. The Morgan fingerprint density at radius 3 is 2.57 bits per heavy atom. The number of thiophene rings is 1. The first kappa shape index (κ1) is 20.6. The van der Waals surface area contributed by atoms with Crippen molar-refractivity contribution in [2.75, 3.05) is 5.32 Å². The second-order valence-electron chi connectivity index (χ2n) is 6.93. The largest absolute Gasteiger partial charge is 0.323 e. The molecule has 0 saturated carbocycles. The lowest BCUT2D eigenvalue weighted by atomic mass is 10.0. The van der Waals surface area contributed by atoms with Gasteiger partial charge in [0.15, 0.2) is 0 Å². The highest BCUT2D eigenvalue weighted by molar-refractivity contribution is 7.19. The molecule has 0 atom stereocenters. The summed E-state index contributed by atoms with van der Waals surface area (Å²) in [5.74, 6) is -0.383. The van der Waals surface area contributed by atoms with Gasteiger partial charge < -0.3 is 5.32 Å². The SMILES string of the molecule is Cc1ccc(-c2c(C)sc3ncn(CC(=O)Nc4ccc(Cl)cc4Cl)c(=O)c23)cc1. The van der Waals surface area contributed by atoms with Crippen molar-refractivity contribution in [1.29, 1.82) is 0 Å². The van der Waals surface area contributed by atoms with Gasteiger partial charge >= 0.3 is 0 Å². The molecule has 1 N–H and O–H groups in total. The number of halogens is 2. The number of nitrogens with one attached hydrogen (secondary N) is 1. The van der Waals surface area contributed by atoms with E-state index in [2.05, 4.69) is 10.3 Å². The number of rotatable bonds is 4. The van der Waals surface area contributed by atoms with Crippen LogP contribution in [0.1, 0.15) is 10.4 Å². The van der Waals surface area contributed by atoms with Crippen LogP contribution in [-0.4, -0.2) is 15.5 Å². The van der Waals surface area contributed by atoms with Gasteiger partial charge in [-0.2, -0.15) is 0 Å². The molecular formula is C22H17Cl2N3O2S. The molecule has 2 heterocycles. The van der Waals surface area contributed by atoms with Crippen LogP contribution in [0.3, 0.4) is 0 Å². The predicted molar refractivity (Wildman–Crippen MR) is 124 cm³/mol. The topological polar surface area (TPSA) is 64.0 Å². The second-order valence-corrected chi connectivity index (χ2v) is 8.98. The predicted octanol–water partition coefficient (Wildman–Crippen LogP) is 5.69. The van der Waals surface area contributed by atoms with Gasteiger partial charge in [-0.1, -0.05) is 53.0 Å². The fraction of sp³-hybridized carbons (Fsp3) is 0.136. The fourth-order valence-electron chi connectivity index (χ4n) is 3.25. The molecular weight excluding hydrogens is 441 g/mol. The molecule has 0 bridgehead atoms. The Hall–Kier alpha value is -2.67. The lowest BCUT2D eigenvalue weighted by Gasteiger charge is -2.09. The summed E-state index contributed by atoms with van der Waals surface area (Å²) in [5.41, 5.74) is 3.14. The van der Waals surface area contributed by atoms with Gasteiger partial charge in [0.1, 0.15) is 11.4 Å². The zero-order chi connectivity index (χ0) is 21.4. The Kier molecular flexibility index (Phi) is 5.64. The Labute approximate surface area is 186 Å². The first-order valence-electron chi connectivity index (χ1n) is 9.14. The minimum absolute atomic E-state index is 0.178. The number of fused-ring (bicyclic) bond motifs is 1. The van der Waals surface area contributed by atoms with E-state index in [1.54, 1.807) is 18.2 Å². The Morgan fingerprint density at radius 1 is 1.13 bits per heavy atom. The van der Waals surface area contributed by atoms with E-state index in [1.807, 2.05) is 38.1 Å². The van der Waals surface area contributed by atoms with E-state index in [-0.39, 0.29) is 18.0 Å². The molecule has 0 spiro atoms. The minimum Gasteiger partial charge on any atom is -0.323 e. The lowest BCUT2D eigenvalue weighted by Crippen LogP contribution is -2.27. The molecule has 0 aliphatic carbocycles. The van der Waals surface area contributed by atoms with Crippen LogP contribution >= 0.6 is 34.5 Å². The molecule has 0 aliphatic rings. The molecule has 30 heavy (non-hydrogen) atoms. The number of carbonyl (C=O) groups is 1. The van der Waals surface area contributed by atoms with Gasteiger partial charge in [0.05, 0.1) is 22.4 Å². The van der Waals surface area contributed by atoms with Gasteiger partial charge in [0, 0.05) is 15.5 Å². The number of nitrogens with zero attached hydrogens (tertiary/aromatic N) is 2. The van der Waals surface area contributed by atoms with Crippen molar-refractivity contribution in [3.05, 3.63) is 79.6 Å². The molecule has 4 aromatic rings. The summed E-state index contributed by atoms with van der Waals surface area (Å²) in [6.45, 7) is 3.81. The van der Waals surface area contributed by atoms with Crippen molar-refractivity contribution in [3.63, 3.8) is 0 Å². The van der Waals surface area contributed by atoms with Crippen LogP contribution in [0.4, 0.5) is 5.69 Å². The van der Waals surface area contributed by atoms with Gasteiger partial charge in [-0.15, -0.1) is 11.3 Å². The van der Waals surface area contributed by atoms with E-state index < -0.39 is 0 Å². The molecule has 0 radical (unpaired) electrons. The van der Waals surface area contributed by atoms with Crippen molar-refractivity contribution < 1.29 is 4.79 Å². The molecule has 5 nitrogen and oxygen atoms in total. The average molecular weight is 458 g/mol. The van der Waals surface area contributed by atoms with Crippen LogP contribution in [0.5, 0.6) is 0 Å². The number of hydrogen-bond donors (Lipinski definition) is 1. The molecule has 2 aromatic carbocycles. The summed E-state index contributed by atoms with van der Waals surface area (Å²) in [6, 6.07) is 12.8. The fourth-order valence-corrected chi connectivity index (χ4v) is 4.71. The van der Waals surface area contributed by atoms with Crippen molar-refractivity contribution in [2.45, 2.75) is 20.4 Å². The van der Waals surface area contributed by atoms with Gasteiger partial charge in [-0.3, -0.25) is 14.2 Å². The van der Waals surface area contributed by atoms with Crippen LogP contribution in [0, 0.1) is 13.8 Å². The molecule has 8 heteroatoms. The minimum atomic E-state index is -0.383. The third kappa shape index (κ3) is 3.99. The number of aryl methyl sites for hydroxylation is 2. The summed E-state index contributed by atoms with van der Waals surface area (Å²) < 4.78 is 1.31. The molecule has 4 rings (SSSR count). The van der Waals surface area contributed by atoms with Gasteiger partial charge in [0.2, 0.25) is 5.91 Å². The number of amides is 1. The number of anilines is 1. The Bertz CT molecular complexity index is 1330. The maximum absolute atomic E-state index is 13.2. The van der Waals surface area contributed by atoms with Crippen LogP contribution in [0.2, 0.25) is 10.0 Å². The molecule has 0 unspecified atom stereocenters. The van der Waals surface area contributed by atoms with Crippen LogP contribution in [0.25, 0.3) is 21.3 Å². The van der Waals surface area contributed by atoms with Gasteiger partial charge in [-0.25, -0.2) is 4.98 Å². The van der Waals surface area contributed by atoms with E-state index in [4.69, 9.17) is 23.2 Å². The lowest BCUT2D eigenvalue weighted by molar-refractivity contribution is -0.116. The summed E-state index contributed by atoms with van der Waals surface area (Å²) in [7, 11) is 0.